The van der Waals surface area contributed by atoms with Crippen molar-refractivity contribution in [1.82, 2.24) is 16.0 Å². The van der Waals surface area contributed by atoms with E-state index in [9.17, 15) is 29.4 Å². The number of rotatable bonds is 19. The topological polar surface area (TPSA) is 223 Å². The van der Waals surface area contributed by atoms with Crippen molar-refractivity contribution in [3.63, 3.8) is 0 Å². The Morgan fingerprint density at radius 1 is 0.821 bits per heavy atom. The van der Waals surface area contributed by atoms with E-state index in [4.69, 9.17) is 17.2 Å². The van der Waals surface area contributed by atoms with Gasteiger partial charge in [-0.1, -0.05) is 38.8 Å². The monoisotopic (exact) mass is 550 g/mol. The third-order valence-corrected chi connectivity index (χ3v) is 6.67. The number of nitrogens with one attached hydrogen (secondary N) is 3. The molecule has 220 valence electrons. The van der Waals surface area contributed by atoms with Crippen LogP contribution in [0, 0.1) is 5.92 Å². The fraction of sp³-hybridized carbons (Fsp3) is 0.630. The molecule has 0 aliphatic carbocycles. The number of unbranched alkanes of at least 4 members (excludes halogenated alkanes) is 2. The highest BCUT2D eigenvalue weighted by Crippen LogP contribution is 2.14. The predicted octanol–water partition coefficient (Wildman–Crippen LogP) is 0.105. The normalized spacial score (nSPS) is 14.9. The van der Waals surface area contributed by atoms with E-state index in [0.29, 0.717) is 57.2 Å². The number of hydrogen-bond donors (Lipinski definition) is 8. The molecule has 11 N–H and O–H groups in total. The predicted molar refractivity (Wildman–Crippen MR) is 148 cm³/mol. The van der Waals surface area contributed by atoms with E-state index in [1.54, 1.807) is 19.1 Å². The molecule has 0 aliphatic rings. The number of benzene rings is 1. The van der Waals surface area contributed by atoms with Gasteiger partial charge in [0.15, 0.2) is 0 Å². The summed E-state index contributed by atoms with van der Waals surface area (Å²) in [4.78, 5) is 51.1. The number of carbonyl (C=O) groups is 4. The van der Waals surface area contributed by atoms with E-state index < -0.39 is 47.9 Å². The smallest absolute Gasteiger partial charge is 0.326 e. The van der Waals surface area contributed by atoms with E-state index in [-0.39, 0.29) is 24.5 Å². The van der Waals surface area contributed by atoms with Crippen LogP contribution in [0.15, 0.2) is 24.3 Å². The molecule has 12 nitrogen and oxygen atoms in total. The number of aromatic hydroxyl groups is 1. The molecule has 0 aliphatic heterocycles. The van der Waals surface area contributed by atoms with Crippen LogP contribution in [0.3, 0.4) is 0 Å². The van der Waals surface area contributed by atoms with Crippen LogP contribution >= 0.6 is 0 Å². The zero-order valence-corrected chi connectivity index (χ0v) is 23.0. The maximum atomic E-state index is 13.5. The summed E-state index contributed by atoms with van der Waals surface area (Å²) in [6.45, 7) is 4.52. The number of hydrogen-bond acceptors (Lipinski definition) is 8. The summed E-state index contributed by atoms with van der Waals surface area (Å²) in [5.41, 5.74) is 17.7. The molecular weight excluding hydrogens is 504 g/mol. The van der Waals surface area contributed by atoms with Crippen LogP contribution in [0.1, 0.15) is 64.4 Å². The van der Waals surface area contributed by atoms with E-state index in [1.165, 1.54) is 12.1 Å². The number of nitrogens with two attached hydrogens (primary N) is 3. The fourth-order valence-electron chi connectivity index (χ4n) is 3.96. The molecule has 0 saturated carbocycles. The number of phenols is 1. The summed E-state index contributed by atoms with van der Waals surface area (Å²) in [6, 6.07) is 2.13. The minimum Gasteiger partial charge on any atom is -0.508 e. The van der Waals surface area contributed by atoms with E-state index >= 15 is 0 Å². The molecule has 0 fully saturated rings. The lowest BCUT2D eigenvalue weighted by atomic mass is 9.96. The molecule has 0 aromatic heterocycles. The van der Waals surface area contributed by atoms with Gasteiger partial charge in [0.1, 0.15) is 23.9 Å². The van der Waals surface area contributed by atoms with Crippen LogP contribution in [-0.4, -0.2) is 71.2 Å². The molecular formula is C27H46N6O6. The van der Waals surface area contributed by atoms with Crippen molar-refractivity contribution in [2.45, 2.75) is 89.4 Å². The molecule has 12 heteroatoms. The number of carboxylic acid groups (broad SMARTS) is 1. The van der Waals surface area contributed by atoms with Gasteiger partial charge in [-0.3, -0.25) is 14.4 Å². The average molecular weight is 551 g/mol. The van der Waals surface area contributed by atoms with Gasteiger partial charge in [0.2, 0.25) is 17.7 Å². The molecule has 39 heavy (non-hydrogen) atoms. The van der Waals surface area contributed by atoms with Crippen molar-refractivity contribution < 1.29 is 29.4 Å². The Bertz CT molecular complexity index is 913. The Morgan fingerprint density at radius 2 is 1.38 bits per heavy atom. The van der Waals surface area contributed by atoms with Crippen molar-refractivity contribution in [2.24, 2.45) is 23.1 Å². The second-order valence-electron chi connectivity index (χ2n) is 9.88. The molecule has 0 bridgehead atoms. The van der Waals surface area contributed by atoms with Crippen LogP contribution < -0.4 is 33.2 Å². The first-order chi connectivity index (χ1) is 18.5. The van der Waals surface area contributed by atoms with E-state index in [1.807, 2.05) is 6.92 Å². The molecule has 0 saturated heterocycles. The Labute approximate surface area is 230 Å². The summed E-state index contributed by atoms with van der Waals surface area (Å²) in [6.07, 6.45) is 3.75. The Balaban J connectivity index is 3.10. The minimum atomic E-state index is -1.17. The molecule has 5 unspecified atom stereocenters. The first-order valence-electron chi connectivity index (χ1n) is 13.6. The van der Waals surface area contributed by atoms with Crippen molar-refractivity contribution in [3.8, 4) is 5.75 Å². The molecule has 3 amide bonds. The molecule has 0 spiro atoms. The lowest BCUT2D eigenvalue weighted by molar-refractivity contribution is -0.143. The summed E-state index contributed by atoms with van der Waals surface area (Å²) in [7, 11) is 0. The number of carboxylic acids is 1. The van der Waals surface area contributed by atoms with Gasteiger partial charge in [-0.2, -0.15) is 0 Å². The third kappa shape index (κ3) is 12.5. The van der Waals surface area contributed by atoms with Gasteiger partial charge in [-0.15, -0.1) is 0 Å². The SMILES string of the molecule is CCC(C)C(NC(=O)C(Cc1ccc(O)cc1)NC(=O)C(N)CCCCN)C(=O)NC(CCCCN)C(=O)O. The Kier molecular flexibility index (Phi) is 15.7. The van der Waals surface area contributed by atoms with Gasteiger partial charge < -0.3 is 43.4 Å². The maximum absolute atomic E-state index is 13.5. The van der Waals surface area contributed by atoms with Crippen LogP contribution in [0.4, 0.5) is 0 Å². The largest absolute Gasteiger partial charge is 0.508 e. The molecule has 5 atom stereocenters. The van der Waals surface area contributed by atoms with E-state index in [2.05, 4.69) is 16.0 Å². The average Bonchev–Trinajstić information content (AvgIpc) is 2.91. The number of phenolic OH excluding ortho intramolecular Hbond substituents is 1. The lowest BCUT2D eigenvalue weighted by Crippen LogP contribution is -2.59. The summed E-state index contributed by atoms with van der Waals surface area (Å²) in [5, 5.41) is 27.1. The number of aliphatic carboxylic acids is 1. The highest BCUT2D eigenvalue weighted by atomic mass is 16.4. The highest BCUT2D eigenvalue weighted by molar-refractivity contribution is 5.94. The maximum Gasteiger partial charge on any atom is 0.326 e. The minimum absolute atomic E-state index is 0.0543. The highest BCUT2D eigenvalue weighted by Gasteiger charge is 2.32. The molecule has 1 aromatic rings. The molecule has 0 radical (unpaired) electrons. The van der Waals surface area contributed by atoms with Crippen molar-refractivity contribution in [1.29, 1.82) is 0 Å². The first-order valence-corrected chi connectivity index (χ1v) is 13.6. The van der Waals surface area contributed by atoms with Crippen LogP contribution in [0.2, 0.25) is 0 Å². The summed E-state index contributed by atoms with van der Waals surface area (Å²) in [5.74, 6) is -3.18. The fourth-order valence-corrected chi connectivity index (χ4v) is 3.96. The molecule has 1 aromatic carbocycles. The zero-order valence-electron chi connectivity index (χ0n) is 23.0. The molecule has 1 rings (SSSR count). The summed E-state index contributed by atoms with van der Waals surface area (Å²) >= 11 is 0. The number of amides is 3. The van der Waals surface area contributed by atoms with Crippen LogP contribution in [0.25, 0.3) is 0 Å². The van der Waals surface area contributed by atoms with Gasteiger partial charge >= 0.3 is 5.97 Å². The summed E-state index contributed by atoms with van der Waals surface area (Å²) < 4.78 is 0. The van der Waals surface area contributed by atoms with Gasteiger partial charge in [-0.25, -0.2) is 4.79 Å². The van der Waals surface area contributed by atoms with Crippen molar-refractivity contribution >= 4 is 23.7 Å². The lowest BCUT2D eigenvalue weighted by Gasteiger charge is -2.28. The molecule has 0 heterocycles. The van der Waals surface area contributed by atoms with Crippen molar-refractivity contribution in [2.75, 3.05) is 13.1 Å². The standard InChI is InChI=1S/C27H46N6O6/c1-3-17(2)23(26(37)31-21(27(38)39)9-5-7-15-29)33-25(36)22(16-18-10-12-19(34)13-11-18)32-24(35)20(30)8-4-6-14-28/h10-13,17,20-23,34H,3-9,14-16,28-30H2,1-2H3,(H,31,37)(H,32,35)(H,33,36)(H,38,39). The van der Waals surface area contributed by atoms with Crippen LogP contribution in [0.5, 0.6) is 5.75 Å². The van der Waals surface area contributed by atoms with Crippen molar-refractivity contribution in [3.05, 3.63) is 29.8 Å². The third-order valence-electron chi connectivity index (χ3n) is 6.67. The quantitative estimate of drug-likeness (QED) is 0.109. The second kappa shape index (κ2) is 18.1. The van der Waals surface area contributed by atoms with Gasteiger partial charge in [0.25, 0.3) is 0 Å². The zero-order chi connectivity index (χ0) is 29.4. The van der Waals surface area contributed by atoms with Crippen LogP contribution in [-0.2, 0) is 25.6 Å². The first kappa shape index (κ1) is 33.8. The number of carbonyl (C=O) groups excluding carboxylic acids is 3. The Morgan fingerprint density at radius 3 is 1.92 bits per heavy atom. The van der Waals surface area contributed by atoms with Gasteiger partial charge in [0.05, 0.1) is 6.04 Å². The van der Waals surface area contributed by atoms with Gasteiger partial charge in [-0.05, 0) is 68.8 Å². The van der Waals surface area contributed by atoms with Gasteiger partial charge in [0, 0.05) is 6.42 Å². The van der Waals surface area contributed by atoms with E-state index in [0.717, 1.165) is 0 Å². The Hall–Kier alpha value is -3.22. The second-order valence-corrected chi connectivity index (χ2v) is 9.88.